The van der Waals surface area contributed by atoms with Crippen LogP contribution in [0.2, 0.25) is 0 Å². The Labute approximate surface area is 126 Å². The molecule has 0 saturated heterocycles. The lowest BCUT2D eigenvalue weighted by Crippen LogP contribution is -2.41. The Morgan fingerprint density at radius 2 is 2.14 bits per heavy atom. The fourth-order valence-corrected chi connectivity index (χ4v) is 3.48. The first-order valence-corrected chi connectivity index (χ1v) is 8.60. The summed E-state index contributed by atoms with van der Waals surface area (Å²) in [6.07, 6.45) is 2.75. The van der Waals surface area contributed by atoms with Gasteiger partial charge >= 0.3 is 0 Å². The van der Waals surface area contributed by atoms with Gasteiger partial charge in [0.2, 0.25) is 10.0 Å². The van der Waals surface area contributed by atoms with Gasteiger partial charge in [-0.2, -0.15) is 5.10 Å². The molecule has 122 valence electrons. The molecule has 1 atom stereocenters. The first-order valence-electron chi connectivity index (χ1n) is 7.12. The standard InChI is InChI=1S/C13H26N4O3S/c1-5-6-17-8-11(12(14)16-17)21(19,20)15-9-13(4,18)7-10(2)3/h8,10,15,18H,5-7,9H2,1-4H3,(H2,14,16). The molecule has 0 aromatic carbocycles. The molecule has 1 rings (SSSR count). The minimum Gasteiger partial charge on any atom is -0.389 e. The molecular weight excluding hydrogens is 292 g/mol. The zero-order valence-electron chi connectivity index (χ0n) is 13.1. The van der Waals surface area contributed by atoms with Crippen molar-refractivity contribution in [2.24, 2.45) is 5.92 Å². The van der Waals surface area contributed by atoms with Crippen LogP contribution in [0.4, 0.5) is 5.82 Å². The van der Waals surface area contributed by atoms with Crippen molar-refractivity contribution in [2.45, 2.75) is 57.6 Å². The highest BCUT2D eigenvalue weighted by Gasteiger charge is 2.27. The molecule has 0 aliphatic heterocycles. The highest BCUT2D eigenvalue weighted by Crippen LogP contribution is 2.19. The van der Waals surface area contributed by atoms with E-state index in [0.29, 0.717) is 13.0 Å². The molecule has 0 saturated carbocycles. The first-order chi connectivity index (χ1) is 9.57. The van der Waals surface area contributed by atoms with Crippen LogP contribution in [0, 0.1) is 5.92 Å². The fourth-order valence-electron chi connectivity index (χ4n) is 2.25. The molecule has 0 amide bonds. The van der Waals surface area contributed by atoms with Crippen LogP contribution in [-0.4, -0.2) is 35.5 Å². The van der Waals surface area contributed by atoms with Crippen molar-refractivity contribution in [1.29, 1.82) is 0 Å². The van der Waals surface area contributed by atoms with E-state index in [-0.39, 0.29) is 23.2 Å². The van der Waals surface area contributed by atoms with E-state index in [1.165, 1.54) is 10.9 Å². The minimum absolute atomic E-state index is 0.0283. The van der Waals surface area contributed by atoms with Crippen molar-refractivity contribution in [1.82, 2.24) is 14.5 Å². The van der Waals surface area contributed by atoms with Gasteiger partial charge < -0.3 is 10.8 Å². The highest BCUT2D eigenvalue weighted by atomic mass is 32.2. The number of aliphatic hydroxyl groups is 1. The number of sulfonamides is 1. The Balaban J connectivity index is 2.82. The molecule has 21 heavy (non-hydrogen) atoms. The van der Waals surface area contributed by atoms with Crippen LogP contribution in [0.25, 0.3) is 0 Å². The number of nitrogen functional groups attached to an aromatic ring is 1. The Hall–Kier alpha value is -1.12. The summed E-state index contributed by atoms with van der Waals surface area (Å²) >= 11 is 0. The summed E-state index contributed by atoms with van der Waals surface area (Å²) in [5.74, 6) is 0.237. The van der Waals surface area contributed by atoms with Gasteiger partial charge in [-0.25, -0.2) is 13.1 Å². The van der Waals surface area contributed by atoms with Crippen LogP contribution in [0.3, 0.4) is 0 Å². The summed E-state index contributed by atoms with van der Waals surface area (Å²) in [7, 11) is -3.78. The molecule has 0 bridgehead atoms. The molecular formula is C13H26N4O3S. The Morgan fingerprint density at radius 3 is 2.67 bits per heavy atom. The number of aromatic nitrogens is 2. The molecule has 1 aromatic heterocycles. The highest BCUT2D eigenvalue weighted by molar-refractivity contribution is 7.89. The minimum atomic E-state index is -3.78. The van der Waals surface area contributed by atoms with Crippen molar-refractivity contribution < 1.29 is 13.5 Å². The molecule has 0 aliphatic rings. The molecule has 0 radical (unpaired) electrons. The lowest BCUT2D eigenvalue weighted by Gasteiger charge is -2.25. The van der Waals surface area contributed by atoms with E-state index in [9.17, 15) is 13.5 Å². The van der Waals surface area contributed by atoms with Crippen molar-refractivity contribution >= 4 is 15.8 Å². The van der Waals surface area contributed by atoms with Gasteiger partial charge in [0.1, 0.15) is 4.90 Å². The average Bonchev–Trinajstić information content (AvgIpc) is 2.68. The van der Waals surface area contributed by atoms with Crippen LogP contribution in [-0.2, 0) is 16.6 Å². The molecule has 0 fully saturated rings. The molecule has 4 N–H and O–H groups in total. The largest absolute Gasteiger partial charge is 0.389 e. The smallest absolute Gasteiger partial charge is 0.245 e. The van der Waals surface area contributed by atoms with E-state index >= 15 is 0 Å². The van der Waals surface area contributed by atoms with Crippen LogP contribution < -0.4 is 10.5 Å². The number of nitrogens with one attached hydrogen (secondary N) is 1. The number of nitrogens with two attached hydrogens (primary N) is 1. The van der Waals surface area contributed by atoms with Gasteiger partial charge in [-0.3, -0.25) is 4.68 Å². The third-order valence-corrected chi connectivity index (χ3v) is 4.41. The van der Waals surface area contributed by atoms with E-state index in [0.717, 1.165) is 6.42 Å². The summed E-state index contributed by atoms with van der Waals surface area (Å²) < 4.78 is 28.4. The second kappa shape index (κ2) is 6.76. The van der Waals surface area contributed by atoms with E-state index in [1.54, 1.807) is 6.92 Å². The van der Waals surface area contributed by atoms with Crippen LogP contribution in [0.1, 0.15) is 40.5 Å². The topological polar surface area (TPSA) is 110 Å². The second-order valence-corrected chi connectivity index (χ2v) is 7.80. The maximum absolute atomic E-state index is 12.2. The van der Waals surface area contributed by atoms with Crippen LogP contribution in [0.15, 0.2) is 11.1 Å². The Morgan fingerprint density at radius 1 is 1.52 bits per heavy atom. The lowest BCUT2D eigenvalue weighted by atomic mass is 9.95. The Kier molecular flexibility index (Phi) is 5.77. The van der Waals surface area contributed by atoms with Crippen LogP contribution in [0.5, 0.6) is 0 Å². The number of hydrogen-bond donors (Lipinski definition) is 3. The zero-order chi connectivity index (χ0) is 16.3. The molecule has 0 spiro atoms. The van der Waals surface area contributed by atoms with Gasteiger partial charge in [0.05, 0.1) is 5.60 Å². The van der Waals surface area contributed by atoms with E-state index in [1.807, 2.05) is 20.8 Å². The normalized spacial score (nSPS) is 15.3. The van der Waals surface area contributed by atoms with Gasteiger partial charge in [-0.15, -0.1) is 0 Å². The maximum Gasteiger partial charge on any atom is 0.245 e. The predicted octanol–water partition coefficient (Wildman–Crippen LogP) is 0.951. The fraction of sp³-hybridized carbons (Fsp3) is 0.769. The third kappa shape index (κ3) is 5.29. The Bertz CT molecular complexity index is 564. The van der Waals surface area contributed by atoms with Crippen molar-refractivity contribution in [3.63, 3.8) is 0 Å². The second-order valence-electron chi connectivity index (χ2n) is 6.06. The molecule has 1 heterocycles. The van der Waals surface area contributed by atoms with Crippen molar-refractivity contribution in [3.8, 4) is 0 Å². The number of hydrogen-bond acceptors (Lipinski definition) is 5. The molecule has 8 heteroatoms. The summed E-state index contributed by atoms with van der Waals surface area (Å²) in [5.41, 5.74) is 4.56. The van der Waals surface area contributed by atoms with Crippen molar-refractivity contribution in [3.05, 3.63) is 6.20 Å². The van der Waals surface area contributed by atoms with E-state index in [4.69, 9.17) is 5.73 Å². The van der Waals surface area contributed by atoms with Gasteiger partial charge in [0.25, 0.3) is 0 Å². The van der Waals surface area contributed by atoms with Gasteiger partial charge in [-0.1, -0.05) is 20.8 Å². The maximum atomic E-state index is 12.2. The number of aryl methyl sites for hydroxylation is 1. The molecule has 7 nitrogen and oxygen atoms in total. The summed E-state index contributed by atoms with van der Waals surface area (Å²) in [6.45, 7) is 8.05. The average molecular weight is 318 g/mol. The first kappa shape index (κ1) is 17.9. The summed E-state index contributed by atoms with van der Waals surface area (Å²) in [4.78, 5) is -0.0451. The lowest BCUT2D eigenvalue weighted by molar-refractivity contribution is 0.0437. The molecule has 0 aliphatic carbocycles. The van der Waals surface area contributed by atoms with Gasteiger partial charge in [-0.05, 0) is 25.7 Å². The van der Waals surface area contributed by atoms with Gasteiger partial charge in [0.15, 0.2) is 5.82 Å². The predicted molar refractivity (Wildman–Crippen MR) is 82.2 cm³/mol. The number of nitrogens with zero attached hydrogens (tertiary/aromatic N) is 2. The molecule has 1 unspecified atom stereocenters. The third-order valence-electron chi connectivity index (χ3n) is 2.99. The summed E-state index contributed by atoms with van der Waals surface area (Å²) in [6, 6.07) is 0. The van der Waals surface area contributed by atoms with E-state index in [2.05, 4.69) is 9.82 Å². The number of anilines is 1. The molecule has 1 aromatic rings. The summed E-state index contributed by atoms with van der Waals surface area (Å²) in [5, 5.41) is 14.1. The van der Waals surface area contributed by atoms with E-state index < -0.39 is 15.6 Å². The quantitative estimate of drug-likeness (QED) is 0.661. The number of rotatable bonds is 8. The van der Waals surface area contributed by atoms with Gasteiger partial charge in [0, 0.05) is 19.3 Å². The monoisotopic (exact) mass is 318 g/mol. The zero-order valence-corrected chi connectivity index (χ0v) is 13.9. The van der Waals surface area contributed by atoms with Crippen molar-refractivity contribution in [2.75, 3.05) is 12.3 Å². The SMILES string of the molecule is CCCn1cc(S(=O)(=O)NCC(C)(O)CC(C)C)c(N)n1. The van der Waals surface area contributed by atoms with Crippen LogP contribution >= 0.6 is 0 Å².